The lowest BCUT2D eigenvalue weighted by Crippen LogP contribution is -1.94. The monoisotopic (exact) mass is 231 g/mol. The quantitative estimate of drug-likeness (QED) is 0.821. The lowest BCUT2D eigenvalue weighted by Gasteiger charge is -2.03. The molecule has 0 aliphatic heterocycles. The molecular weight excluding hydrogens is 218 g/mol. The van der Waals surface area contributed by atoms with E-state index in [-0.39, 0.29) is 0 Å². The average Bonchev–Trinajstić information content (AvgIpc) is 2.33. The van der Waals surface area contributed by atoms with E-state index in [0.717, 1.165) is 28.5 Å². The van der Waals surface area contributed by atoms with E-state index in [1.54, 1.807) is 24.2 Å². The van der Waals surface area contributed by atoms with Gasteiger partial charge in [0.2, 0.25) is 0 Å². The fourth-order valence-corrected chi connectivity index (χ4v) is 2.24. The fourth-order valence-electron chi connectivity index (χ4n) is 1.34. The summed E-state index contributed by atoms with van der Waals surface area (Å²) in [5.41, 5.74) is 7.66. The second-order valence-electron chi connectivity index (χ2n) is 3.33. The predicted octanol–water partition coefficient (Wildman–Crippen LogP) is 2.39. The molecule has 0 unspecified atom stereocenters. The minimum absolute atomic E-state index is 0.744. The van der Waals surface area contributed by atoms with Crippen LogP contribution in [0.2, 0.25) is 0 Å². The molecule has 0 aliphatic carbocycles. The van der Waals surface area contributed by atoms with Gasteiger partial charge in [-0.05, 0) is 24.6 Å². The van der Waals surface area contributed by atoms with Crippen LogP contribution in [0.15, 0.2) is 47.8 Å². The summed E-state index contributed by atoms with van der Waals surface area (Å²) in [6.07, 6.45) is 6.22. The zero-order chi connectivity index (χ0) is 11.2. The maximum atomic E-state index is 5.80. The first-order chi connectivity index (χ1) is 7.86. The number of pyridine rings is 2. The Balaban J connectivity index is 1.87. The number of hydrogen-bond donors (Lipinski definition) is 1. The maximum absolute atomic E-state index is 5.80. The van der Waals surface area contributed by atoms with Gasteiger partial charge in [-0.2, -0.15) is 0 Å². The Kier molecular flexibility index (Phi) is 3.77. The lowest BCUT2D eigenvalue weighted by atomic mass is 10.3. The number of hydrogen-bond acceptors (Lipinski definition) is 4. The topological polar surface area (TPSA) is 51.8 Å². The molecule has 4 heteroatoms. The van der Waals surface area contributed by atoms with Crippen molar-refractivity contribution in [2.24, 2.45) is 0 Å². The van der Waals surface area contributed by atoms with Crippen molar-refractivity contribution in [3.63, 3.8) is 0 Å². The Morgan fingerprint density at radius 3 is 2.88 bits per heavy atom. The van der Waals surface area contributed by atoms with Gasteiger partial charge in [-0.25, -0.2) is 0 Å². The highest BCUT2D eigenvalue weighted by Crippen LogP contribution is 2.23. The molecule has 3 nitrogen and oxygen atoms in total. The van der Waals surface area contributed by atoms with Crippen molar-refractivity contribution in [1.29, 1.82) is 0 Å². The van der Waals surface area contributed by atoms with Crippen molar-refractivity contribution in [2.45, 2.75) is 11.3 Å². The van der Waals surface area contributed by atoms with Crippen molar-refractivity contribution in [1.82, 2.24) is 9.97 Å². The summed E-state index contributed by atoms with van der Waals surface area (Å²) in [5.74, 6) is 0.977. The smallest absolute Gasteiger partial charge is 0.0638 e. The van der Waals surface area contributed by atoms with Gasteiger partial charge in [0.25, 0.3) is 0 Å². The van der Waals surface area contributed by atoms with Crippen LogP contribution in [0.4, 0.5) is 5.69 Å². The molecule has 0 fully saturated rings. The van der Waals surface area contributed by atoms with Crippen molar-refractivity contribution < 1.29 is 0 Å². The van der Waals surface area contributed by atoms with Crippen molar-refractivity contribution >= 4 is 17.4 Å². The first kappa shape index (κ1) is 11.0. The van der Waals surface area contributed by atoms with E-state index in [1.807, 2.05) is 30.5 Å². The largest absolute Gasteiger partial charge is 0.397 e. The lowest BCUT2D eigenvalue weighted by molar-refractivity contribution is 1.05. The molecule has 16 heavy (non-hydrogen) atoms. The van der Waals surface area contributed by atoms with Crippen LogP contribution in [-0.4, -0.2) is 15.7 Å². The minimum atomic E-state index is 0.744. The summed E-state index contributed by atoms with van der Waals surface area (Å²) in [6, 6.07) is 7.92. The van der Waals surface area contributed by atoms with Gasteiger partial charge in [-0.3, -0.25) is 9.97 Å². The summed E-state index contributed by atoms with van der Waals surface area (Å²) >= 11 is 1.74. The molecule has 0 atom stereocenters. The zero-order valence-corrected chi connectivity index (χ0v) is 9.65. The average molecular weight is 231 g/mol. The second kappa shape index (κ2) is 5.51. The molecule has 82 valence electrons. The third kappa shape index (κ3) is 2.97. The number of nitrogen functional groups attached to an aromatic ring is 1. The highest BCUT2D eigenvalue weighted by Gasteiger charge is 1.99. The van der Waals surface area contributed by atoms with E-state index in [9.17, 15) is 0 Å². The van der Waals surface area contributed by atoms with Gasteiger partial charge >= 0.3 is 0 Å². The van der Waals surface area contributed by atoms with E-state index < -0.39 is 0 Å². The van der Waals surface area contributed by atoms with Gasteiger partial charge in [-0.1, -0.05) is 6.07 Å². The molecular formula is C12H13N3S. The van der Waals surface area contributed by atoms with Gasteiger partial charge in [0.1, 0.15) is 0 Å². The second-order valence-corrected chi connectivity index (χ2v) is 4.47. The van der Waals surface area contributed by atoms with Crippen LogP contribution in [-0.2, 0) is 6.42 Å². The third-order valence-electron chi connectivity index (χ3n) is 2.15. The summed E-state index contributed by atoms with van der Waals surface area (Å²) in [6.45, 7) is 0. The number of aromatic nitrogens is 2. The molecule has 0 aromatic carbocycles. The Labute approximate surface area is 99.1 Å². The number of nitrogens with zero attached hydrogens (tertiary/aromatic N) is 2. The normalized spacial score (nSPS) is 10.2. The van der Waals surface area contributed by atoms with E-state index in [4.69, 9.17) is 5.73 Å². The summed E-state index contributed by atoms with van der Waals surface area (Å²) in [4.78, 5) is 9.32. The van der Waals surface area contributed by atoms with Gasteiger partial charge in [0, 0.05) is 28.7 Å². The highest BCUT2D eigenvalue weighted by atomic mass is 32.2. The Morgan fingerprint density at radius 1 is 1.19 bits per heavy atom. The molecule has 0 spiro atoms. The number of aryl methyl sites for hydroxylation is 1. The Bertz CT molecular complexity index is 445. The number of nitrogens with two attached hydrogens (primary N) is 1. The number of thioether (sulfide) groups is 1. The SMILES string of the molecule is Nc1cnccc1SCCc1ccccn1. The number of rotatable bonds is 4. The molecule has 0 aliphatic rings. The molecule has 2 rings (SSSR count). The summed E-state index contributed by atoms with van der Waals surface area (Å²) in [7, 11) is 0. The van der Waals surface area contributed by atoms with Crippen molar-refractivity contribution in [2.75, 3.05) is 11.5 Å². The molecule has 0 bridgehead atoms. The molecule has 2 aromatic heterocycles. The standard InChI is InChI=1S/C12H13N3S/c13-11-9-14-7-4-12(11)16-8-5-10-3-1-2-6-15-10/h1-4,6-7,9H,5,8,13H2. The summed E-state index contributed by atoms with van der Waals surface area (Å²) in [5, 5.41) is 0. The summed E-state index contributed by atoms with van der Waals surface area (Å²) < 4.78 is 0. The Morgan fingerprint density at radius 2 is 2.12 bits per heavy atom. The van der Waals surface area contributed by atoms with Crippen LogP contribution in [0.25, 0.3) is 0 Å². The minimum Gasteiger partial charge on any atom is -0.397 e. The van der Waals surface area contributed by atoms with E-state index in [2.05, 4.69) is 9.97 Å². The Hall–Kier alpha value is -1.55. The third-order valence-corrected chi connectivity index (χ3v) is 3.24. The molecule has 0 amide bonds. The van der Waals surface area contributed by atoms with Crippen LogP contribution < -0.4 is 5.73 Å². The van der Waals surface area contributed by atoms with Crippen LogP contribution >= 0.6 is 11.8 Å². The first-order valence-electron chi connectivity index (χ1n) is 5.08. The molecule has 2 heterocycles. The van der Waals surface area contributed by atoms with Gasteiger partial charge in [0.05, 0.1) is 11.9 Å². The molecule has 2 aromatic rings. The van der Waals surface area contributed by atoms with Crippen molar-refractivity contribution in [3.8, 4) is 0 Å². The van der Waals surface area contributed by atoms with Crippen molar-refractivity contribution in [3.05, 3.63) is 48.5 Å². The first-order valence-corrected chi connectivity index (χ1v) is 6.07. The molecule has 0 saturated heterocycles. The fraction of sp³-hybridized carbons (Fsp3) is 0.167. The van der Waals surface area contributed by atoms with E-state index in [1.165, 1.54) is 0 Å². The van der Waals surface area contributed by atoms with Gasteiger partial charge in [-0.15, -0.1) is 11.8 Å². The predicted molar refractivity (Wildman–Crippen MR) is 67.3 cm³/mol. The van der Waals surface area contributed by atoms with Crippen LogP contribution in [0.1, 0.15) is 5.69 Å². The van der Waals surface area contributed by atoms with E-state index >= 15 is 0 Å². The van der Waals surface area contributed by atoms with Crippen LogP contribution in [0.3, 0.4) is 0 Å². The maximum Gasteiger partial charge on any atom is 0.0638 e. The van der Waals surface area contributed by atoms with E-state index in [0.29, 0.717) is 0 Å². The van der Waals surface area contributed by atoms with Gasteiger partial charge < -0.3 is 5.73 Å². The van der Waals surface area contributed by atoms with Crippen LogP contribution in [0.5, 0.6) is 0 Å². The molecule has 2 N–H and O–H groups in total. The molecule has 0 saturated carbocycles. The highest BCUT2D eigenvalue weighted by molar-refractivity contribution is 7.99. The molecule has 0 radical (unpaired) electrons. The zero-order valence-electron chi connectivity index (χ0n) is 8.84. The number of anilines is 1. The van der Waals surface area contributed by atoms with Crippen LogP contribution in [0, 0.1) is 0 Å². The van der Waals surface area contributed by atoms with Gasteiger partial charge in [0.15, 0.2) is 0 Å².